The maximum absolute atomic E-state index is 5.92. The molecule has 0 spiro atoms. The third kappa shape index (κ3) is 5.04. The molecule has 2 nitrogen and oxygen atoms in total. The summed E-state index contributed by atoms with van der Waals surface area (Å²) in [7, 11) is 0. The summed E-state index contributed by atoms with van der Waals surface area (Å²) in [4.78, 5) is 2.68. The van der Waals surface area contributed by atoms with Crippen molar-refractivity contribution in [3.05, 3.63) is 0 Å². The number of hydrogen-bond donors (Lipinski definition) is 0. The quantitative estimate of drug-likeness (QED) is 0.749. The van der Waals surface area contributed by atoms with E-state index in [2.05, 4.69) is 32.6 Å². The smallest absolute Gasteiger partial charge is 0.0705 e. The normalized spacial score (nSPS) is 33.0. The molecule has 1 aliphatic heterocycles. The van der Waals surface area contributed by atoms with Gasteiger partial charge in [-0.3, -0.25) is 4.90 Å². The molecule has 0 radical (unpaired) electrons. The van der Waals surface area contributed by atoms with Crippen LogP contribution in [0.25, 0.3) is 0 Å². The molecule has 0 N–H and O–H groups in total. The summed E-state index contributed by atoms with van der Waals surface area (Å²) >= 11 is 0. The minimum absolute atomic E-state index is 0.482. The Morgan fingerprint density at radius 1 is 1.05 bits per heavy atom. The molecule has 0 bridgehead atoms. The molecule has 2 heteroatoms. The van der Waals surface area contributed by atoms with E-state index in [1.54, 1.807) is 0 Å². The molecule has 2 fully saturated rings. The Kier molecular flexibility index (Phi) is 6.35. The first-order valence-electron chi connectivity index (χ1n) is 8.88. The van der Waals surface area contributed by atoms with Crippen LogP contribution in [0.2, 0.25) is 0 Å². The van der Waals surface area contributed by atoms with Crippen molar-refractivity contribution in [2.45, 2.75) is 65.9 Å². The molecule has 0 aromatic heterocycles. The number of rotatable bonds is 5. The average Bonchev–Trinajstić information content (AvgIpc) is 2.39. The van der Waals surface area contributed by atoms with E-state index in [1.165, 1.54) is 45.2 Å². The van der Waals surface area contributed by atoms with Crippen LogP contribution in [0.4, 0.5) is 0 Å². The third-order valence-electron chi connectivity index (χ3n) is 5.31. The van der Waals surface area contributed by atoms with Crippen LogP contribution in [0.5, 0.6) is 0 Å². The molecule has 0 aromatic carbocycles. The van der Waals surface area contributed by atoms with E-state index in [0.717, 1.165) is 36.8 Å². The molecule has 0 amide bonds. The van der Waals surface area contributed by atoms with Crippen LogP contribution in [0.3, 0.4) is 0 Å². The van der Waals surface area contributed by atoms with Crippen LogP contribution in [0.1, 0.15) is 59.8 Å². The fourth-order valence-corrected chi connectivity index (χ4v) is 4.02. The zero-order valence-corrected chi connectivity index (χ0v) is 14.1. The van der Waals surface area contributed by atoms with Gasteiger partial charge >= 0.3 is 0 Å². The van der Waals surface area contributed by atoms with Crippen molar-refractivity contribution in [1.29, 1.82) is 0 Å². The highest BCUT2D eigenvalue weighted by Gasteiger charge is 2.27. The van der Waals surface area contributed by atoms with Crippen LogP contribution in [-0.2, 0) is 4.74 Å². The lowest BCUT2D eigenvalue weighted by Gasteiger charge is -2.38. The van der Waals surface area contributed by atoms with Gasteiger partial charge in [0, 0.05) is 19.6 Å². The molecular weight excluding hydrogens is 246 g/mol. The van der Waals surface area contributed by atoms with Crippen molar-refractivity contribution in [2.75, 3.05) is 26.2 Å². The monoisotopic (exact) mass is 281 g/mol. The van der Waals surface area contributed by atoms with Crippen LogP contribution in [0.15, 0.2) is 0 Å². The first kappa shape index (κ1) is 16.3. The number of ether oxygens (including phenoxy) is 1. The van der Waals surface area contributed by atoms with Gasteiger partial charge in [0.1, 0.15) is 0 Å². The SMILES string of the molecule is CC(C)CC1CN(CC2CCC(C(C)C)CC2)CCO1. The maximum atomic E-state index is 5.92. The second-order valence-corrected chi connectivity index (χ2v) is 7.91. The number of hydrogen-bond acceptors (Lipinski definition) is 2. The minimum atomic E-state index is 0.482. The van der Waals surface area contributed by atoms with Crippen molar-refractivity contribution < 1.29 is 4.74 Å². The van der Waals surface area contributed by atoms with Gasteiger partial charge < -0.3 is 4.74 Å². The summed E-state index contributed by atoms with van der Waals surface area (Å²) in [5.74, 6) is 3.57. The van der Waals surface area contributed by atoms with Crippen molar-refractivity contribution >= 4 is 0 Å². The summed E-state index contributed by atoms with van der Waals surface area (Å²) in [6.07, 6.45) is 7.53. The second kappa shape index (κ2) is 7.79. The molecule has 1 heterocycles. The molecule has 1 unspecified atom stereocenters. The van der Waals surface area contributed by atoms with Gasteiger partial charge in [-0.1, -0.05) is 27.7 Å². The van der Waals surface area contributed by atoms with Gasteiger partial charge in [0.15, 0.2) is 0 Å². The molecule has 1 aliphatic carbocycles. The minimum Gasteiger partial charge on any atom is -0.376 e. The Bertz CT molecular complexity index is 269. The average molecular weight is 281 g/mol. The van der Waals surface area contributed by atoms with E-state index in [4.69, 9.17) is 4.74 Å². The largest absolute Gasteiger partial charge is 0.376 e. The lowest BCUT2D eigenvalue weighted by atomic mass is 9.77. The predicted molar refractivity (Wildman–Crippen MR) is 85.9 cm³/mol. The maximum Gasteiger partial charge on any atom is 0.0705 e. The first-order chi connectivity index (χ1) is 9.54. The van der Waals surface area contributed by atoms with E-state index >= 15 is 0 Å². The van der Waals surface area contributed by atoms with Crippen LogP contribution in [0, 0.1) is 23.7 Å². The van der Waals surface area contributed by atoms with Crippen molar-refractivity contribution in [2.24, 2.45) is 23.7 Å². The van der Waals surface area contributed by atoms with E-state index in [9.17, 15) is 0 Å². The zero-order valence-electron chi connectivity index (χ0n) is 14.1. The fraction of sp³-hybridized carbons (Fsp3) is 1.00. The summed E-state index contributed by atoms with van der Waals surface area (Å²) in [5.41, 5.74) is 0. The highest BCUT2D eigenvalue weighted by atomic mass is 16.5. The molecule has 2 aliphatic rings. The molecule has 20 heavy (non-hydrogen) atoms. The Balaban J connectivity index is 1.71. The van der Waals surface area contributed by atoms with Gasteiger partial charge in [0.25, 0.3) is 0 Å². The van der Waals surface area contributed by atoms with Crippen molar-refractivity contribution in [3.63, 3.8) is 0 Å². The topological polar surface area (TPSA) is 12.5 Å². The summed E-state index contributed by atoms with van der Waals surface area (Å²) in [6, 6.07) is 0. The molecule has 0 aromatic rings. The van der Waals surface area contributed by atoms with E-state index in [-0.39, 0.29) is 0 Å². The molecule has 118 valence electrons. The number of nitrogens with zero attached hydrogens (tertiary/aromatic N) is 1. The highest BCUT2D eigenvalue weighted by molar-refractivity contribution is 4.79. The molecule has 1 saturated carbocycles. The van der Waals surface area contributed by atoms with Gasteiger partial charge in [-0.25, -0.2) is 0 Å². The molecule has 2 rings (SSSR count). The van der Waals surface area contributed by atoms with E-state index < -0.39 is 0 Å². The standard InChI is InChI=1S/C18H35NO/c1-14(2)11-18-13-19(9-10-20-18)12-16-5-7-17(8-6-16)15(3)4/h14-18H,5-13H2,1-4H3. The Morgan fingerprint density at radius 3 is 2.35 bits per heavy atom. The Labute approximate surface area is 126 Å². The predicted octanol–water partition coefficient (Wildman–Crippen LogP) is 4.20. The summed E-state index contributed by atoms with van der Waals surface area (Å²) in [6.45, 7) is 14.0. The Hall–Kier alpha value is -0.0800. The van der Waals surface area contributed by atoms with Crippen molar-refractivity contribution in [1.82, 2.24) is 4.90 Å². The summed E-state index contributed by atoms with van der Waals surface area (Å²) in [5, 5.41) is 0. The second-order valence-electron chi connectivity index (χ2n) is 7.91. The van der Waals surface area contributed by atoms with E-state index in [0.29, 0.717) is 6.10 Å². The van der Waals surface area contributed by atoms with Gasteiger partial charge in [-0.15, -0.1) is 0 Å². The van der Waals surface area contributed by atoms with Gasteiger partial charge in [0.05, 0.1) is 12.7 Å². The molecule has 1 atom stereocenters. The molecule has 1 saturated heterocycles. The summed E-state index contributed by atoms with van der Waals surface area (Å²) < 4.78 is 5.92. The van der Waals surface area contributed by atoms with Gasteiger partial charge in [0.2, 0.25) is 0 Å². The first-order valence-corrected chi connectivity index (χ1v) is 8.88. The van der Waals surface area contributed by atoms with Crippen LogP contribution >= 0.6 is 0 Å². The lowest BCUT2D eigenvalue weighted by molar-refractivity contribution is -0.0434. The third-order valence-corrected chi connectivity index (χ3v) is 5.31. The zero-order chi connectivity index (χ0) is 14.5. The fourth-order valence-electron chi connectivity index (χ4n) is 4.02. The Morgan fingerprint density at radius 2 is 1.75 bits per heavy atom. The van der Waals surface area contributed by atoms with Gasteiger partial charge in [-0.05, 0) is 55.8 Å². The lowest BCUT2D eigenvalue weighted by Crippen LogP contribution is -2.45. The highest BCUT2D eigenvalue weighted by Crippen LogP contribution is 2.33. The number of morpholine rings is 1. The van der Waals surface area contributed by atoms with Crippen molar-refractivity contribution in [3.8, 4) is 0 Å². The van der Waals surface area contributed by atoms with Gasteiger partial charge in [-0.2, -0.15) is 0 Å². The van der Waals surface area contributed by atoms with E-state index in [1.807, 2.05) is 0 Å². The van der Waals surface area contributed by atoms with Crippen LogP contribution < -0.4 is 0 Å². The van der Waals surface area contributed by atoms with Crippen LogP contribution in [-0.4, -0.2) is 37.2 Å². The molecular formula is C18H35NO.